The van der Waals surface area contributed by atoms with Gasteiger partial charge in [0.1, 0.15) is 0 Å². The Morgan fingerprint density at radius 2 is 2.00 bits per heavy atom. The lowest BCUT2D eigenvalue weighted by molar-refractivity contribution is -0.137. The summed E-state index contributed by atoms with van der Waals surface area (Å²) >= 11 is 0. The monoisotopic (exact) mass is 217 g/mol. The third-order valence-corrected chi connectivity index (χ3v) is 2.22. The Hall–Kier alpha value is -1.19. The van der Waals surface area contributed by atoms with Crippen LogP contribution in [0.15, 0.2) is 24.3 Å². The summed E-state index contributed by atoms with van der Waals surface area (Å²) in [5, 5.41) is 3.00. The Labute approximate surface area is 87.3 Å². The van der Waals surface area contributed by atoms with Gasteiger partial charge in [0, 0.05) is 11.7 Å². The molecule has 0 fully saturated rings. The molecule has 15 heavy (non-hydrogen) atoms. The number of alkyl halides is 3. The minimum Gasteiger partial charge on any atom is -0.383 e. The summed E-state index contributed by atoms with van der Waals surface area (Å²) in [6.07, 6.45) is -3.40. The Kier molecular flexibility index (Phi) is 3.61. The van der Waals surface area contributed by atoms with E-state index in [0.717, 1.165) is 18.6 Å². The molecular weight excluding hydrogens is 203 g/mol. The minimum atomic E-state index is -4.27. The second-order valence-corrected chi connectivity index (χ2v) is 3.53. The van der Waals surface area contributed by atoms with Crippen LogP contribution in [0.2, 0.25) is 0 Å². The van der Waals surface area contributed by atoms with E-state index in [1.54, 1.807) is 6.07 Å². The summed E-state index contributed by atoms with van der Waals surface area (Å²) < 4.78 is 37.1. The molecule has 1 aromatic rings. The van der Waals surface area contributed by atoms with Crippen LogP contribution in [0.4, 0.5) is 18.9 Å². The van der Waals surface area contributed by atoms with E-state index in [0.29, 0.717) is 5.69 Å². The predicted octanol–water partition coefficient (Wildman–Crippen LogP) is 3.92. The highest BCUT2D eigenvalue weighted by Crippen LogP contribution is 2.30. The van der Waals surface area contributed by atoms with E-state index in [1.165, 1.54) is 6.07 Å². The second kappa shape index (κ2) is 4.55. The Bertz CT molecular complexity index is 320. The predicted molar refractivity (Wildman–Crippen MR) is 54.8 cm³/mol. The fourth-order valence-corrected chi connectivity index (χ4v) is 1.17. The zero-order chi connectivity index (χ0) is 11.5. The Morgan fingerprint density at radius 3 is 2.53 bits per heavy atom. The molecule has 0 aliphatic carbocycles. The van der Waals surface area contributed by atoms with Gasteiger partial charge in [0.05, 0.1) is 5.56 Å². The molecule has 0 bridgehead atoms. The van der Waals surface area contributed by atoms with Crippen LogP contribution in [-0.4, -0.2) is 6.04 Å². The van der Waals surface area contributed by atoms with Gasteiger partial charge in [0.2, 0.25) is 0 Å². The summed E-state index contributed by atoms with van der Waals surface area (Å²) in [5.41, 5.74) is -0.102. The molecule has 4 heteroatoms. The van der Waals surface area contributed by atoms with Gasteiger partial charge >= 0.3 is 6.18 Å². The molecule has 0 aliphatic rings. The highest BCUT2D eigenvalue weighted by atomic mass is 19.4. The lowest BCUT2D eigenvalue weighted by Gasteiger charge is -2.14. The topological polar surface area (TPSA) is 12.0 Å². The van der Waals surface area contributed by atoms with E-state index in [2.05, 4.69) is 5.32 Å². The number of nitrogens with one attached hydrogen (secondary N) is 1. The van der Waals surface area contributed by atoms with Crippen LogP contribution in [0.1, 0.15) is 25.8 Å². The second-order valence-electron chi connectivity index (χ2n) is 3.53. The maximum atomic E-state index is 12.4. The molecule has 1 N–H and O–H groups in total. The van der Waals surface area contributed by atoms with Gasteiger partial charge in [0.15, 0.2) is 0 Å². The average molecular weight is 217 g/mol. The molecule has 1 rings (SSSR count). The molecule has 0 saturated heterocycles. The standard InChI is InChI=1S/C11H14F3N/c1-3-8(2)15-10-6-4-5-9(7-10)11(12,13)14/h4-8,15H,3H2,1-2H3. The summed E-state index contributed by atoms with van der Waals surface area (Å²) in [6.45, 7) is 3.91. The molecule has 0 radical (unpaired) electrons. The molecule has 0 amide bonds. The normalized spacial score (nSPS) is 13.7. The van der Waals surface area contributed by atoms with E-state index in [1.807, 2.05) is 13.8 Å². The van der Waals surface area contributed by atoms with Gasteiger partial charge in [-0.1, -0.05) is 13.0 Å². The zero-order valence-corrected chi connectivity index (χ0v) is 8.73. The highest BCUT2D eigenvalue weighted by molar-refractivity contribution is 5.47. The number of hydrogen-bond donors (Lipinski definition) is 1. The van der Waals surface area contributed by atoms with E-state index >= 15 is 0 Å². The van der Waals surface area contributed by atoms with Crippen molar-refractivity contribution in [1.82, 2.24) is 0 Å². The van der Waals surface area contributed by atoms with Crippen molar-refractivity contribution in [3.05, 3.63) is 29.8 Å². The first kappa shape index (κ1) is 11.9. The largest absolute Gasteiger partial charge is 0.416 e. The third-order valence-electron chi connectivity index (χ3n) is 2.22. The van der Waals surface area contributed by atoms with Crippen molar-refractivity contribution < 1.29 is 13.2 Å². The minimum absolute atomic E-state index is 0.175. The molecule has 0 heterocycles. The average Bonchev–Trinajstić information content (AvgIpc) is 2.17. The van der Waals surface area contributed by atoms with Crippen LogP contribution in [-0.2, 0) is 6.18 Å². The molecule has 0 aliphatic heterocycles. The van der Waals surface area contributed by atoms with Gasteiger partial charge in [0.25, 0.3) is 0 Å². The maximum Gasteiger partial charge on any atom is 0.416 e. The van der Waals surface area contributed by atoms with E-state index in [-0.39, 0.29) is 6.04 Å². The van der Waals surface area contributed by atoms with Crippen molar-refractivity contribution in [2.75, 3.05) is 5.32 Å². The van der Waals surface area contributed by atoms with Gasteiger partial charge in [-0.05, 0) is 31.5 Å². The molecule has 0 spiro atoms. The molecular formula is C11H14F3N. The molecule has 0 saturated carbocycles. The first-order valence-corrected chi connectivity index (χ1v) is 4.87. The zero-order valence-electron chi connectivity index (χ0n) is 8.73. The third kappa shape index (κ3) is 3.46. The fourth-order valence-electron chi connectivity index (χ4n) is 1.17. The van der Waals surface area contributed by atoms with Crippen LogP contribution in [0.3, 0.4) is 0 Å². The van der Waals surface area contributed by atoms with Gasteiger partial charge < -0.3 is 5.32 Å². The molecule has 1 atom stereocenters. The van der Waals surface area contributed by atoms with Crippen molar-refractivity contribution in [3.63, 3.8) is 0 Å². The summed E-state index contributed by atoms with van der Waals surface area (Å²) in [7, 11) is 0. The van der Waals surface area contributed by atoms with Crippen molar-refractivity contribution in [1.29, 1.82) is 0 Å². The number of halogens is 3. The molecule has 0 aromatic heterocycles. The van der Waals surface area contributed by atoms with E-state index < -0.39 is 11.7 Å². The van der Waals surface area contributed by atoms with Crippen LogP contribution < -0.4 is 5.32 Å². The SMILES string of the molecule is CCC(C)Nc1cccc(C(F)(F)F)c1. The number of benzene rings is 1. The van der Waals surface area contributed by atoms with Crippen LogP contribution in [0.5, 0.6) is 0 Å². The summed E-state index contributed by atoms with van der Waals surface area (Å²) in [4.78, 5) is 0. The number of rotatable bonds is 3. The maximum absolute atomic E-state index is 12.4. The number of hydrogen-bond acceptors (Lipinski definition) is 1. The Morgan fingerprint density at radius 1 is 1.33 bits per heavy atom. The van der Waals surface area contributed by atoms with Crippen molar-refractivity contribution in [2.24, 2.45) is 0 Å². The van der Waals surface area contributed by atoms with Crippen molar-refractivity contribution in [3.8, 4) is 0 Å². The van der Waals surface area contributed by atoms with Crippen LogP contribution in [0, 0.1) is 0 Å². The van der Waals surface area contributed by atoms with Crippen molar-refractivity contribution >= 4 is 5.69 Å². The smallest absolute Gasteiger partial charge is 0.383 e. The van der Waals surface area contributed by atoms with E-state index in [9.17, 15) is 13.2 Å². The molecule has 1 aromatic carbocycles. The van der Waals surface area contributed by atoms with Crippen LogP contribution >= 0.6 is 0 Å². The van der Waals surface area contributed by atoms with Gasteiger partial charge in [-0.25, -0.2) is 0 Å². The molecule has 1 unspecified atom stereocenters. The van der Waals surface area contributed by atoms with E-state index in [4.69, 9.17) is 0 Å². The van der Waals surface area contributed by atoms with Crippen molar-refractivity contribution in [2.45, 2.75) is 32.5 Å². The lowest BCUT2D eigenvalue weighted by Crippen LogP contribution is -2.14. The molecule has 84 valence electrons. The first-order chi connectivity index (χ1) is 6.93. The summed E-state index contributed by atoms with van der Waals surface area (Å²) in [5.74, 6) is 0. The Balaban J connectivity index is 2.84. The fraction of sp³-hybridized carbons (Fsp3) is 0.455. The van der Waals surface area contributed by atoms with Gasteiger partial charge in [-0.3, -0.25) is 0 Å². The highest BCUT2D eigenvalue weighted by Gasteiger charge is 2.30. The van der Waals surface area contributed by atoms with Gasteiger partial charge in [-0.15, -0.1) is 0 Å². The van der Waals surface area contributed by atoms with Gasteiger partial charge in [-0.2, -0.15) is 13.2 Å². The first-order valence-electron chi connectivity index (χ1n) is 4.87. The quantitative estimate of drug-likeness (QED) is 0.809. The molecule has 1 nitrogen and oxygen atoms in total. The number of anilines is 1. The lowest BCUT2D eigenvalue weighted by atomic mass is 10.1. The van der Waals surface area contributed by atoms with Crippen LogP contribution in [0.25, 0.3) is 0 Å². The summed E-state index contributed by atoms with van der Waals surface area (Å²) in [6, 6.07) is 5.43.